The Bertz CT molecular complexity index is 2730. The van der Waals surface area contributed by atoms with E-state index in [2.05, 4.69) is 198 Å². The largest absolute Gasteiger partial charge is 0.472 e. The molecule has 0 aliphatic heterocycles. The van der Waals surface area contributed by atoms with Crippen molar-refractivity contribution >= 4 is 39.5 Å². The highest BCUT2D eigenvalue weighted by molar-refractivity contribution is 7.47. The molecule has 0 fully saturated rings. The molecule has 600 valence electrons. The van der Waals surface area contributed by atoms with Crippen molar-refractivity contribution in [1.82, 2.24) is 0 Å². The van der Waals surface area contributed by atoms with Crippen LogP contribution in [0.3, 0.4) is 0 Å². The van der Waals surface area contributed by atoms with Gasteiger partial charge in [-0.2, -0.15) is 0 Å². The molecule has 5 atom stereocenters. The maximum absolute atomic E-state index is 13.1. The molecule has 0 aromatic rings. The van der Waals surface area contributed by atoms with E-state index in [1.807, 2.05) is 12.2 Å². The smallest absolute Gasteiger partial charge is 0.462 e. The van der Waals surface area contributed by atoms with Crippen LogP contribution in [-0.4, -0.2) is 96.7 Å². The number of phosphoric acid groups is 2. The zero-order valence-corrected chi connectivity index (χ0v) is 67.3. The van der Waals surface area contributed by atoms with Crippen LogP contribution in [0, 0.1) is 0 Å². The fourth-order valence-corrected chi connectivity index (χ4v) is 11.5. The number of allylic oxidation sites excluding steroid dienone is 30. The van der Waals surface area contributed by atoms with Gasteiger partial charge < -0.3 is 33.8 Å². The van der Waals surface area contributed by atoms with Crippen molar-refractivity contribution in [2.24, 2.45) is 0 Å². The van der Waals surface area contributed by atoms with Crippen molar-refractivity contribution < 1.29 is 80.2 Å². The molecule has 0 saturated carbocycles. The van der Waals surface area contributed by atoms with Gasteiger partial charge in [0.05, 0.1) is 26.4 Å². The third-order valence-electron chi connectivity index (χ3n) is 15.9. The molecular weight excluding hydrogens is 1380 g/mol. The van der Waals surface area contributed by atoms with E-state index in [0.29, 0.717) is 32.1 Å². The predicted molar refractivity (Wildman–Crippen MR) is 436 cm³/mol. The first-order valence-corrected chi connectivity index (χ1v) is 43.0. The quantitative estimate of drug-likeness (QED) is 0.0169. The number of rotatable bonds is 73. The maximum Gasteiger partial charge on any atom is 0.472 e. The number of carbonyl (C=O) groups excluding carboxylic acids is 4. The van der Waals surface area contributed by atoms with E-state index in [1.165, 1.54) is 0 Å². The first-order chi connectivity index (χ1) is 51.7. The molecular formula is C87H140O17P2. The topological polar surface area (TPSA) is 237 Å². The van der Waals surface area contributed by atoms with Gasteiger partial charge in [0.2, 0.25) is 0 Å². The van der Waals surface area contributed by atoms with E-state index < -0.39 is 97.5 Å². The van der Waals surface area contributed by atoms with E-state index in [-0.39, 0.29) is 25.7 Å². The first kappa shape index (κ1) is 100. The normalized spacial score (nSPS) is 14.8. The van der Waals surface area contributed by atoms with E-state index >= 15 is 0 Å². The second-order valence-corrected chi connectivity index (χ2v) is 28.7. The molecule has 0 rings (SSSR count). The Balaban J connectivity index is 5.48. The van der Waals surface area contributed by atoms with E-state index in [9.17, 15) is 43.2 Å². The lowest BCUT2D eigenvalue weighted by Crippen LogP contribution is -2.30. The number of hydrogen-bond acceptors (Lipinski definition) is 15. The highest BCUT2D eigenvalue weighted by atomic mass is 31.2. The van der Waals surface area contributed by atoms with Gasteiger partial charge in [0.1, 0.15) is 19.3 Å². The standard InChI is InChI=1S/C87H140O17P2/c1-5-9-13-17-21-25-29-33-37-40-44-47-51-55-59-63-67-71-84(89)97-77-82(103-86(91)73-69-65-61-57-53-49-43-36-32-28-24-20-16-12-8-4)79-101-105(93,94)99-75-81(88)76-100-106(95,96)102-80-83(104-87(92)74-70-66-62-58-54-50-46-42-39-35-31-27-23-19-15-11-7-3)78-98-85(90)72-68-64-60-56-52-48-45-41-38-34-30-26-22-18-14-10-6-2/h9-16,21-28,33-39,43-45,47-48,56,60,81-83,88H,5-8,17-20,29-32,40-42,46,49-55,57-59,61-80H2,1-4H3,(H,93,94)(H,95,96)/b13-9-,14-10-,15-11-,16-12-,25-21-,26-22-,27-23-,28-24-,37-33-,38-34-,39-35-,43-36-,47-44-,48-45-,60-56-. The van der Waals surface area contributed by atoms with Crippen LogP contribution >= 0.6 is 15.6 Å². The third kappa shape index (κ3) is 76.4. The Hall–Kier alpha value is -5.84. The van der Waals surface area contributed by atoms with E-state index in [0.717, 1.165) is 199 Å². The fraction of sp³-hybridized carbons (Fsp3) is 0.609. The first-order valence-electron chi connectivity index (χ1n) is 40.0. The van der Waals surface area contributed by atoms with Crippen LogP contribution in [0.25, 0.3) is 0 Å². The van der Waals surface area contributed by atoms with Gasteiger partial charge in [-0.15, -0.1) is 0 Å². The lowest BCUT2D eigenvalue weighted by atomic mass is 10.1. The molecule has 0 spiro atoms. The Labute approximate surface area is 641 Å². The number of unbranched alkanes of at least 4 members (excludes halogenated alkanes) is 17. The second-order valence-electron chi connectivity index (χ2n) is 25.8. The lowest BCUT2D eigenvalue weighted by Gasteiger charge is -2.21. The van der Waals surface area contributed by atoms with Gasteiger partial charge in [-0.25, -0.2) is 9.13 Å². The Kier molecular flexibility index (Phi) is 73.1. The van der Waals surface area contributed by atoms with Gasteiger partial charge in [-0.3, -0.25) is 37.3 Å². The zero-order chi connectivity index (χ0) is 77.4. The van der Waals surface area contributed by atoms with Crippen molar-refractivity contribution in [2.75, 3.05) is 39.6 Å². The van der Waals surface area contributed by atoms with Crippen LogP contribution in [0.5, 0.6) is 0 Å². The summed E-state index contributed by atoms with van der Waals surface area (Å²) in [5, 5.41) is 10.7. The molecule has 19 heteroatoms. The third-order valence-corrected chi connectivity index (χ3v) is 17.8. The van der Waals surface area contributed by atoms with Crippen LogP contribution in [0.2, 0.25) is 0 Å². The number of aliphatic hydroxyl groups excluding tert-OH is 1. The molecule has 3 N–H and O–H groups in total. The van der Waals surface area contributed by atoms with Crippen LogP contribution < -0.4 is 0 Å². The van der Waals surface area contributed by atoms with Gasteiger partial charge in [-0.1, -0.05) is 274 Å². The Morgan fingerprint density at radius 1 is 0.264 bits per heavy atom. The van der Waals surface area contributed by atoms with Gasteiger partial charge >= 0.3 is 39.5 Å². The number of aliphatic hydroxyl groups is 1. The van der Waals surface area contributed by atoms with Gasteiger partial charge in [-0.05, 0) is 167 Å². The molecule has 5 unspecified atom stereocenters. The summed E-state index contributed by atoms with van der Waals surface area (Å²) in [5.41, 5.74) is 0. The SMILES string of the molecule is CC/C=C\C/C=C\C/C=C\C/C=C\C/C=C\CCCC(=O)OCC(COP(=O)(O)OCC(O)COP(=O)(O)OCC(COC(=O)CCCCCC/C=C\C/C=C\C/C=C\C/C=C\CC)OC(=O)CCCCCCC/C=C\C/C=C\C/C=C\CC)OC(=O)CCCCCCCCC/C=C\C/C=C\C/C=C\CC. The second kappa shape index (κ2) is 77.3. The monoisotopic (exact) mass is 1520 g/mol. The minimum absolute atomic E-state index is 0.0617. The highest BCUT2D eigenvalue weighted by Crippen LogP contribution is 2.45. The van der Waals surface area contributed by atoms with Crippen molar-refractivity contribution in [3.8, 4) is 0 Å². The van der Waals surface area contributed by atoms with Crippen molar-refractivity contribution in [1.29, 1.82) is 0 Å². The minimum Gasteiger partial charge on any atom is -0.462 e. The van der Waals surface area contributed by atoms with Crippen molar-refractivity contribution in [3.05, 3.63) is 182 Å². The summed E-state index contributed by atoms with van der Waals surface area (Å²) in [6, 6.07) is 0. The Morgan fingerprint density at radius 2 is 0.472 bits per heavy atom. The molecule has 0 bridgehead atoms. The molecule has 106 heavy (non-hydrogen) atoms. The van der Waals surface area contributed by atoms with Crippen LogP contribution in [-0.2, 0) is 65.4 Å². The van der Waals surface area contributed by atoms with Gasteiger partial charge in [0.25, 0.3) is 0 Å². The zero-order valence-electron chi connectivity index (χ0n) is 65.5. The summed E-state index contributed by atoms with van der Waals surface area (Å²) in [7, 11) is -10.0. The van der Waals surface area contributed by atoms with Crippen molar-refractivity contribution in [3.63, 3.8) is 0 Å². The van der Waals surface area contributed by atoms with Gasteiger partial charge in [0.15, 0.2) is 12.2 Å². The molecule has 0 amide bonds. The number of phosphoric ester groups is 2. The minimum atomic E-state index is -5.01. The molecule has 0 aromatic carbocycles. The van der Waals surface area contributed by atoms with E-state index in [1.54, 1.807) is 0 Å². The lowest BCUT2D eigenvalue weighted by molar-refractivity contribution is -0.161. The molecule has 0 aromatic heterocycles. The van der Waals surface area contributed by atoms with E-state index in [4.69, 9.17) is 37.0 Å². The summed E-state index contributed by atoms with van der Waals surface area (Å²) < 4.78 is 68.6. The molecule has 0 radical (unpaired) electrons. The summed E-state index contributed by atoms with van der Waals surface area (Å²) in [5.74, 6) is -2.31. The molecule has 0 aliphatic carbocycles. The molecule has 0 saturated heterocycles. The van der Waals surface area contributed by atoms with Crippen LogP contribution in [0.4, 0.5) is 0 Å². The van der Waals surface area contributed by atoms with Gasteiger partial charge in [0, 0.05) is 25.7 Å². The number of carbonyl (C=O) groups is 4. The number of ether oxygens (including phenoxy) is 4. The summed E-state index contributed by atoms with van der Waals surface area (Å²) in [6.45, 7) is 4.29. The molecule has 17 nitrogen and oxygen atoms in total. The molecule has 0 heterocycles. The summed E-state index contributed by atoms with van der Waals surface area (Å²) >= 11 is 0. The average Bonchev–Trinajstić information content (AvgIpc) is 0.902. The summed E-state index contributed by atoms with van der Waals surface area (Å²) in [6.07, 6.45) is 93.0. The maximum atomic E-state index is 13.1. The predicted octanol–water partition coefficient (Wildman–Crippen LogP) is 23.6. The highest BCUT2D eigenvalue weighted by Gasteiger charge is 2.30. The number of hydrogen-bond donors (Lipinski definition) is 3. The number of esters is 4. The fourth-order valence-electron chi connectivity index (χ4n) is 9.92. The van der Waals surface area contributed by atoms with Crippen LogP contribution in [0.15, 0.2) is 182 Å². The molecule has 0 aliphatic rings. The Morgan fingerprint density at radius 3 is 0.745 bits per heavy atom. The average molecular weight is 1520 g/mol. The van der Waals surface area contributed by atoms with Crippen LogP contribution in [0.1, 0.15) is 285 Å². The summed E-state index contributed by atoms with van der Waals surface area (Å²) in [4.78, 5) is 73.1. The van der Waals surface area contributed by atoms with Crippen molar-refractivity contribution in [2.45, 2.75) is 303 Å².